The third-order valence-electron chi connectivity index (χ3n) is 2.41. The van der Waals surface area contributed by atoms with Gasteiger partial charge < -0.3 is 5.73 Å². The molecule has 2 N–H and O–H groups in total. The summed E-state index contributed by atoms with van der Waals surface area (Å²) in [4.78, 5) is 3.91. The highest BCUT2D eigenvalue weighted by atomic mass is 14.8. The van der Waals surface area contributed by atoms with Crippen LogP contribution in [0.25, 0.3) is 11.1 Å². The summed E-state index contributed by atoms with van der Waals surface area (Å²) in [5.74, 6) is 0.426. The highest BCUT2D eigenvalue weighted by Crippen LogP contribution is 2.24. The van der Waals surface area contributed by atoms with Gasteiger partial charge >= 0.3 is 0 Å². The number of anilines is 1. The molecule has 0 unspecified atom stereocenters. The van der Waals surface area contributed by atoms with Gasteiger partial charge in [0, 0.05) is 11.8 Å². The minimum atomic E-state index is 0.426. The zero-order valence-corrected chi connectivity index (χ0v) is 8.94. The van der Waals surface area contributed by atoms with Crippen LogP contribution in [-0.2, 0) is 0 Å². The van der Waals surface area contributed by atoms with Crippen molar-refractivity contribution >= 4 is 5.82 Å². The second-order valence-corrected chi connectivity index (χ2v) is 3.63. The van der Waals surface area contributed by atoms with E-state index in [0.29, 0.717) is 11.4 Å². The smallest absolute Gasteiger partial charge is 0.123 e. The fourth-order valence-electron chi connectivity index (χ4n) is 1.53. The summed E-state index contributed by atoms with van der Waals surface area (Å²) < 4.78 is 0. The Morgan fingerprint density at radius 3 is 2.56 bits per heavy atom. The average Bonchev–Trinajstić information content (AvgIpc) is 2.30. The van der Waals surface area contributed by atoms with Crippen molar-refractivity contribution in [2.24, 2.45) is 0 Å². The number of hydrogen-bond donors (Lipinski definition) is 1. The Labute approximate surface area is 94.2 Å². The molecule has 0 spiro atoms. The lowest BCUT2D eigenvalue weighted by molar-refractivity contribution is 1.31. The molecule has 0 amide bonds. The number of aromatic nitrogens is 1. The van der Waals surface area contributed by atoms with Crippen molar-refractivity contribution in [2.45, 2.75) is 6.92 Å². The molecule has 0 fully saturated rings. The van der Waals surface area contributed by atoms with Crippen LogP contribution in [0.5, 0.6) is 0 Å². The molecule has 3 heteroatoms. The first-order chi connectivity index (χ1) is 7.70. The molecule has 0 saturated heterocycles. The quantitative estimate of drug-likeness (QED) is 0.784. The Hall–Kier alpha value is -2.34. The van der Waals surface area contributed by atoms with E-state index in [-0.39, 0.29) is 0 Å². The molecule has 0 saturated carbocycles. The maximum absolute atomic E-state index is 8.99. The summed E-state index contributed by atoms with van der Waals surface area (Å²) >= 11 is 0. The van der Waals surface area contributed by atoms with E-state index in [9.17, 15) is 0 Å². The van der Waals surface area contributed by atoms with Gasteiger partial charge in [-0.15, -0.1) is 0 Å². The standard InChI is InChI=1S/C13H11N3/c1-9-2-4-10(5-3-9)12-6-13(15)16-8-11(12)7-14/h2-6,8H,1H3,(H2,15,16). The Morgan fingerprint density at radius 2 is 1.94 bits per heavy atom. The molecule has 1 heterocycles. The van der Waals surface area contributed by atoms with E-state index < -0.39 is 0 Å². The molecule has 16 heavy (non-hydrogen) atoms. The van der Waals surface area contributed by atoms with Gasteiger partial charge in [-0.05, 0) is 18.6 Å². The molecule has 0 aliphatic heterocycles. The van der Waals surface area contributed by atoms with Crippen LogP contribution in [-0.4, -0.2) is 4.98 Å². The van der Waals surface area contributed by atoms with Crippen molar-refractivity contribution in [1.29, 1.82) is 5.26 Å². The fraction of sp³-hybridized carbons (Fsp3) is 0.0769. The van der Waals surface area contributed by atoms with Crippen LogP contribution >= 0.6 is 0 Å². The number of rotatable bonds is 1. The molecule has 0 atom stereocenters. The molecule has 78 valence electrons. The van der Waals surface area contributed by atoms with Crippen molar-refractivity contribution < 1.29 is 0 Å². The van der Waals surface area contributed by atoms with Crippen LogP contribution in [0.15, 0.2) is 36.5 Å². The largest absolute Gasteiger partial charge is 0.384 e. The molecule has 0 bridgehead atoms. The van der Waals surface area contributed by atoms with E-state index in [2.05, 4.69) is 11.1 Å². The van der Waals surface area contributed by atoms with Crippen LogP contribution in [0.3, 0.4) is 0 Å². The van der Waals surface area contributed by atoms with Crippen LogP contribution in [0.4, 0.5) is 5.82 Å². The van der Waals surface area contributed by atoms with Crippen molar-refractivity contribution in [1.82, 2.24) is 4.98 Å². The molecule has 1 aromatic heterocycles. The van der Waals surface area contributed by atoms with Crippen LogP contribution in [0, 0.1) is 18.3 Å². The van der Waals surface area contributed by atoms with Crippen LogP contribution in [0.1, 0.15) is 11.1 Å². The van der Waals surface area contributed by atoms with E-state index in [0.717, 1.165) is 11.1 Å². The third-order valence-corrected chi connectivity index (χ3v) is 2.41. The number of nitrogens with zero attached hydrogens (tertiary/aromatic N) is 2. The van der Waals surface area contributed by atoms with Crippen LogP contribution in [0.2, 0.25) is 0 Å². The third kappa shape index (κ3) is 1.86. The molecule has 0 radical (unpaired) electrons. The summed E-state index contributed by atoms with van der Waals surface area (Å²) in [5, 5.41) is 8.99. The van der Waals surface area contributed by atoms with E-state index in [1.807, 2.05) is 31.2 Å². The number of hydrogen-bond acceptors (Lipinski definition) is 3. The molecule has 2 rings (SSSR count). The van der Waals surface area contributed by atoms with E-state index >= 15 is 0 Å². The molecular weight excluding hydrogens is 198 g/mol. The number of nitriles is 1. The maximum Gasteiger partial charge on any atom is 0.123 e. The summed E-state index contributed by atoms with van der Waals surface area (Å²) in [5.41, 5.74) is 9.16. The molecule has 2 aromatic rings. The van der Waals surface area contributed by atoms with Gasteiger partial charge in [-0.25, -0.2) is 4.98 Å². The van der Waals surface area contributed by atoms with Gasteiger partial charge in [0.25, 0.3) is 0 Å². The maximum atomic E-state index is 8.99. The van der Waals surface area contributed by atoms with Gasteiger partial charge in [0.1, 0.15) is 11.9 Å². The second-order valence-electron chi connectivity index (χ2n) is 3.63. The average molecular weight is 209 g/mol. The number of benzene rings is 1. The summed E-state index contributed by atoms with van der Waals surface area (Å²) in [6, 6.07) is 11.8. The lowest BCUT2D eigenvalue weighted by atomic mass is 10.0. The minimum absolute atomic E-state index is 0.426. The first kappa shape index (κ1) is 10.2. The summed E-state index contributed by atoms with van der Waals surface area (Å²) in [6.07, 6.45) is 1.50. The van der Waals surface area contributed by atoms with E-state index in [4.69, 9.17) is 11.0 Å². The van der Waals surface area contributed by atoms with E-state index in [1.165, 1.54) is 11.8 Å². The highest BCUT2D eigenvalue weighted by molar-refractivity contribution is 5.72. The first-order valence-corrected chi connectivity index (χ1v) is 4.93. The molecule has 1 aromatic carbocycles. The molecule has 0 aliphatic carbocycles. The van der Waals surface area contributed by atoms with Crippen molar-refractivity contribution in [2.75, 3.05) is 5.73 Å². The zero-order chi connectivity index (χ0) is 11.5. The number of pyridine rings is 1. The summed E-state index contributed by atoms with van der Waals surface area (Å²) in [7, 11) is 0. The zero-order valence-electron chi connectivity index (χ0n) is 8.94. The Kier molecular flexibility index (Phi) is 2.57. The van der Waals surface area contributed by atoms with Crippen LogP contribution < -0.4 is 5.73 Å². The Balaban J connectivity index is 2.59. The van der Waals surface area contributed by atoms with Gasteiger partial charge in [0.05, 0.1) is 5.56 Å². The van der Waals surface area contributed by atoms with Gasteiger partial charge in [-0.1, -0.05) is 29.8 Å². The van der Waals surface area contributed by atoms with E-state index in [1.54, 1.807) is 6.07 Å². The molecule has 0 aliphatic rings. The molecule has 3 nitrogen and oxygen atoms in total. The van der Waals surface area contributed by atoms with Gasteiger partial charge in [0.15, 0.2) is 0 Å². The normalized spacial score (nSPS) is 9.75. The number of nitrogens with two attached hydrogens (primary N) is 1. The minimum Gasteiger partial charge on any atom is -0.384 e. The number of aryl methyl sites for hydroxylation is 1. The van der Waals surface area contributed by atoms with Crippen molar-refractivity contribution in [3.05, 3.63) is 47.7 Å². The van der Waals surface area contributed by atoms with Gasteiger partial charge in [0.2, 0.25) is 0 Å². The van der Waals surface area contributed by atoms with Gasteiger partial charge in [-0.3, -0.25) is 0 Å². The predicted molar refractivity (Wildman–Crippen MR) is 63.5 cm³/mol. The first-order valence-electron chi connectivity index (χ1n) is 4.93. The van der Waals surface area contributed by atoms with Crippen molar-refractivity contribution in [3.8, 4) is 17.2 Å². The van der Waals surface area contributed by atoms with Crippen molar-refractivity contribution in [3.63, 3.8) is 0 Å². The fourth-order valence-corrected chi connectivity index (χ4v) is 1.53. The predicted octanol–water partition coefficient (Wildman–Crippen LogP) is 2.51. The lowest BCUT2D eigenvalue weighted by Crippen LogP contribution is -1.93. The Bertz CT molecular complexity index is 550. The lowest BCUT2D eigenvalue weighted by Gasteiger charge is -2.05. The molecular formula is C13H11N3. The monoisotopic (exact) mass is 209 g/mol. The Morgan fingerprint density at radius 1 is 1.25 bits per heavy atom. The number of nitrogen functional groups attached to an aromatic ring is 1. The van der Waals surface area contributed by atoms with Gasteiger partial charge in [-0.2, -0.15) is 5.26 Å². The second kappa shape index (κ2) is 4.03. The summed E-state index contributed by atoms with van der Waals surface area (Å²) in [6.45, 7) is 2.02. The highest BCUT2D eigenvalue weighted by Gasteiger charge is 2.05. The SMILES string of the molecule is Cc1ccc(-c2cc(N)ncc2C#N)cc1. The topological polar surface area (TPSA) is 62.7 Å².